The topological polar surface area (TPSA) is 14.1 Å². The lowest BCUT2D eigenvalue weighted by molar-refractivity contribution is -0.300. The highest BCUT2D eigenvalue weighted by molar-refractivity contribution is 6.99. The molecule has 0 atom stereocenters. The van der Waals surface area contributed by atoms with Crippen LogP contribution >= 0.6 is 23.1 Å². The Labute approximate surface area is 51.1 Å². The summed E-state index contributed by atoms with van der Waals surface area (Å²) in [7, 11) is 0. The summed E-state index contributed by atoms with van der Waals surface area (Å²) in [5.41, 5.74) is 1.05. The monoisotopic (exact) mass is 134 g/mol. The smallest absolute Gasteiger partial charge is 0.151 e. The first-order valence-corrected chi connectivity index (χ1v) is 3.18. The summed E-state index contributed by atoms with van der Waals surface area (Å²) in [6.07, 6.45) is 0. The van der Waals surface area contributed by atoms with Crippen molar-refractivity contribution in [2.45, 2.75) is 6.92 Å². The third kappa shape index (κ3) is 0.924. The number of hydrogen-bond acceptors (Lipinski definition) is 1. The van der Waals surface area contributed by atoms with E-state index >= 15 is 0 Å². The number of rotatable bonds is 0. The number of aromatic amines is 1. The lowest BCUT2D eigenvalue weighted by Gasteiger charge is -1.67. The molecule has 1 nitrogen and oxygen atoms in total. The number of aryl methyl sites for hydroxylation is 1. The van der Waals surface area contributed by atoms with Crippen LogP contribution in [0.1, 0.15) is 5.69 Å². The van der Waals surface area contributed by atoms with Crippen LogP contribution in [0.3, 0.4) is 0 Å². The summed E-state index contributed by atoms with van der Waals surface area (Å²) in [4.78, 5) is 0. The molecule has 0 aliphatic carbocycles. The van der Waals surface area contributed by atoms with Gasteiger partial charge < -0.3 is 0 Å². The summed E-state index contributed by atoms with van der Waals surface area (Å²) in [5.74, 6) is 0. The molecule has 0 aromatic carbocycles. The van der Waals surface area contributed by atoms with Gasteiger partial charge in [0.2, 0.25) is 5.69 Å². The number of halogens is 1. The quantitative estimate of drug-likeness (QED) is 0.511. The molecule has 0 aliphatic heterocycles. The fourth-order valence-electron chi connectivity index (χ4n) is 0.307. The normalized spacial score (nSPS) is 9.43. The van der Waals surface area contributed by atoms with E-state index in [1.165, 1.54) is 11.5 Å². The second-order valence-electron chi connectivity index (χ2n) is 1.31. The standard InChI is InChI=1S/C4H4ClNS/c1-3-4(5)2-7-6-3/h2H,1H3/p+1. The van der Waals surface area contributed by atoms with Crippen LogP contribution in [0.2, 0.25) is 5.02 Å². The first kappa shape index (κ1) is 5.06. The van der Waals surface area contributed by atoms with Crippen molar-refractivity contribution < 1.29 is 4.37 Å². The Morgan fingerprint density at radius 1 is 1.86 bits per heavy atom. The Morgan fingerprint density at radius 2 is 2.57 bits per heavy atom. The average molecular weight is 135 g/mol. The molecular formula is C4H5ClNS+. The molecule has 1 aromatic heterocycles. The van der Waals surface area contributed by atoms with Gasteiger partial charge in [-0.3, -0.25) is 0 Å². The number of hydrogen-bond donors (Lipinski definition) is 0. The molecule has 0 amide bonds. The van der Waals surface area contributed by atoms with E-state index in [1.54, 1.807) is 0 Å². The van der Waals surface area contributed by atoms with Crippen molar-refractivity contribution in [2.75, 3.05) is 0 Å². The maximum absolute atomic E-state index is 5.60. The van der Waals surface area contributed by atoms with Crippen molar-refractivity contribution in [1.82, 2.24) is 0 Å². The molecule has 0 saturated heterocycles. The Balaban J connectivity index is 3.12. The molecule has 7 heavy (non-hydrogen) atoms. The average Bonchev–Trinajstić information content (AvgIpc) is 1.91. The molecule has 1 aromatic rings. The van der Waals surface area contributed by atoms with Crippen LogP contribution < -0.4 is 4.37 Å². The molecule has 38 valence electrons. The van der Waals surface area contributed by atoms with Gasteiger partial charge in [0.05, 0.1) is 5.38 Å². The fourth-order valence-corrected chi connectivity index (χ4v) is 1.17. The van der Waals surface area contributed by atoms with Gasteiger partial charge in [-0.2, -0.15) is 4.37 Å². The van der Waals surface area contributed by atoms with Gasteiger partial charge in [0.1, 0.15) is 16.6 Å². The molecular weight excluding hydrogens is 130 g/mol. The van der Waals surface area contributed by atoms with Crippen LogP contribution in [0, 0.1) is 6.92 Å². The van der Waals surface area contributed by atoms with Gasteiger partial charge in [-0.25, -0.2) is 0 Å². The van der Waals surface area contributed by atoms with Gasteiger partial charge in [-0.05, 0) is 0 Å². The molecule has 0 fully saturated rings. The van der Waals surface area contributed by atoms with E-state index in [-0.39, 0.29) is 0 Å². The summed E-state index contributed by atoms with van der Waals surface area (Å²) in [6.45, 7) is 1.94. The molecule has 1 N–H and O–H groups in total. The number of nitrogens with one attached hydrogen (secondary N) is 1. The summed E-state index contributed by atoms with van der Waals surface area (Å²) in [5, 5.41) is 2.70. The maximum Gasteiger partial charge on any atom is 0.209 e. The minimum atomic E-state index is 0.824. The van der Waals surface area contributed by atoms with E-state index in [0.29, 0.717) is 0 Å². The van der Waals surface area contributed by atoms with E-state index < -0.39 is 0 Å². The van der Waals surface area contributed by atoms with E-state index in [0.717, 1.165) is 10.7 Å². The first-order valence-electron chi connectivity index (χ1n) is 1.92. The third-order valence-corrected chi connectivity index (χ3v) is 2.03. The van der Waals surface area contributed by atoms with Crippen LogP contribution in [0.5, 0.6) is 0 Å². The molecule has 1 heterocycles. The number of aromatic nitrogens is 1. The second-order valence-corrected chi connectivity index (χ2v) is 2.39. The molecule has 3 heteroatoms. The zero-order valence-electron chi connectivity index (χ0n) is 3.86. The first-order chi connectivity index (χ1) is 3.30. The highest BCUT2D eigenvalue weighted by atomic mass is 35.5. The molecule has 1 rings (SSSR count). The molecule has 0 bridgehead atoms. The molecule has 0 unspecified atom stereocenters. The van der Waals surface area contributed by atoms with Crippen LogP contribution in [0.4, 0.5) is 0 Å². The Kier molecular flexibility index (Phi) is 1.30. The van der Waals surface area contributed by atoms with Gasteiger partial charge in [0.25, 0.3) is 0 Å². The van der Waals surface area contributed by atoms with E-state index in [4.69, 9.17) is 11.6 Å². The van der Waals surface area contributed by atoms with Crippen molar-refractivity contribution in [3.63, 3.8) is 0 Å². The second kappa shape index (κ2) is 1.80. The maximum atomic E-state index is 5.60. The van der Waals surface area contributed by atoms with Gasteiger partial charge in [0, 0.05) is 6.92 Å². The minimum Gasteiger partial charge on any atom is -0.151 e. The zero-order valence-corrected chi connectivity index (χ0v) is 5.44. The molecule has 0 saturated carbocycles. The lowest BCUT2D eigenvalue weighted by atomic mass is 10.5. The van der Waals surface area contributed by atoms with Gasteiger partial charge in [-0.15, -0.1) is 0 Å². The minimum absolute atomic E-state index is 0.824. The van der Waals surface area contributed by atoms with Crippen LogP contribution in [-0.4, -0.2) is 0 Å². The largest absolute Gasteiger partial charge is 0.209 e. The van der Waals surface area contributed by atoms with Gasteiger partial charge in [0.15, 0.2) is 0 Å². The van der Waals surface area contributed by atoms with Crippen molar-refractivity contribution in [3.05, 3.63) is 16.1 Å². The Morgan fingerprint density at radius 3 is 2.71 bits per heavy atom. The summed E-state index contributed by atoms with van der Waals surface area (Å²) < 4.78 is 2.98. The molecule has 0 aliphatic rings. The van der Waals surface area contributed by atoms with Crippen LogP contribution in [0.25, 0.3) is 0 Å². The predicted octanol–water partition coefficient (Wildman–Crippen LogP) is 1.52. The fraction of sp³-hybridized carbons (Fsp3) is 0.250. The van der Waals surface area contributed by atoms with E-state index in [2.05, 4.69) is 4.37 Å². The number of H-pyrrole nitrogens is 1. The predicted molar refractivity (Wildman–Crippen MR) is 30.6 cm³/mol. The SMILES string of the molecule is Cc1[nH+]scc1Cl. The van der Waals surface area contributed by atoms with Crippen molar-refractivity contribution in [2.24, 2.45) is 0 Å². The van der Waals surface area contributed by atoms with Crippen molar-refractivity contribution in [1.29, 1.82) is 0 Å². The van der Waals surface area contributed by atoms with Crippen molar-refractivity contribution >= 4 is 23.1 Å². The van der Waals surface area contributed by atoms with Crippen LogP contribution in [0.15, 0.2) is 5.38 Å². The van der Waals surface area contributed by atoms with E-state index in [1.807, 2.05) is 12.3 Å². The Bertz CT molecular complexity index is 144. The van der Waals surface area contributed by atoms with Gasteiger partial charge >= 0.3 is 0 Å². The molecule has 0 radical (unpaired) electrons. The molecule has 0 spiro atoms. The third-order valence-electron chi connectivity index (χ3n) is 0.733. The lowest BCUT2D eigenvalue weighted by Crippen LogP contribution is -1.93. The zero-order chi connectivity index (χ0) is 5.28. The summed E-state index contributed by atoms with van der Waals surface area (Å²) in [6, 6.07) is 0. The van der Waals surface area contributed by atoms with E-state index in [9.17, 15) is 0 Å². The van der Waals surface area contributed by atoms with Crippen molar-refractivity contribution in [3.8, 4) is 0 Å². The summed E-state index contributed by atoms with van der Waals surface area (Å²) >= 11 is 7.11. The van der Waals surface area contributed by atoms with Gasteiger partial charge in [-0.1, -0.05) is 11.6 Å². The Hall–Kier alpha value is -0.0800. The highest BCUT2D eigenvalue weighted by Crippen LogP contribution is 2.10. The van der Waals surface area contributed by atoms with Crippen LogP contribution in [-0.2, 0) is 0 Å². The highest BCUT2D eigenvalue weighted by Gasteiger charge is 1.99.